The molecule has 0 aliphatic carbocycles. The summed E-state index contributed by atoms with van der Waals surface area (Å²) in [4.78, 5) is 2.12. The summed E-state index contributed by atoms with van der Waals surface area (Å²) in [6.45, 7) is 13.9. The average molecular weight is 179 g/mol. The molecule has 0 saturated heterocycles. The highest BCUT2D eigenvalue weighted by atomic mass is 15.0. The molecule has 74 valence electrons. The van der Waals surface area contributed by atoms with Crippen LogP contribution < -0.4 is 0 Å². The Balaban J connectivity index is 0. The Bertz CT molecular complexity index is 166. The minimum absolute atomic E-state index is 1.00. The second kappa shape index (κ2) is 10.9. The Hall–Kier alpha value is -1.08. The lowest BCUT2D eigenvalue weighted by Gasteiger charge is -2.00. The van der Waals surface area contributed by atoms with Crippen molar-refractivity contribution in [1.29, 1.82) is 0 Å². The van der Waals surface area contributed by atoms with Crippen LogP contribution in [-0.2, 0) is 0 Å². The summed E-state index contributed by atoms with van der Waals surface area (Å²) in [6.07, 6.45) is 7.02. The van der Waals surface area contributed by atoms with Crippen LogP contribution >= 0.6 is 0 Å². The minimum Gasteiger partial charge on any atom is -0.310 e. The average Bonchev–Trinajstić information content (AvgIpc) is 2.15. The fraction of sp³-hybridized carbons (Fsp3) is 0.333. The van der Waals surface area contributed by atoms with E-state index in [0.29, 0.717) is 0 Å². The van der Waals surface area contributed by atoms with Crippen LogP contribution in [0.1, 0.15) is 6.92 Å². The monoisotopic (exact) mass is 179 g/mol. The van der Waals surface area contributed by atoms with Crippen LogP contribution in [0.4, 0.5) is 0 Å². The first kappa shape index (κ1) is 14.4. The molecule has 0 aromatic carbocycles. The summed E-state index contributed by atoms with van der Waals surface area (Å²) in [5, 5.41) is 0. The van der Waals surface area contributed by atoms with Crippen molar-refractivity contribution in [2.75, 3.05) is 20.6 Å². The number of allylic oxidation sites excluding steroid dienone is 5. The highest BCUT2D eigenvalue weighted by molar-refractivity contribution is 5.30. The molecule has 0 aliphatic heterocycles. The molecule has 0 amide bonds. The van der Waals surface area contributed by atoms with Gasteiger partial charge < -0.3 is 4.90 Å². The molecule has 1 heteroatoms. The standard InChI is InChI=1S/C8H10.C4H11N/c1-4-7-8(5-2)6-3;1-4-5(2)3/h4-7H,1-3H2;4H2,1-3H3. The lowest BCUT2D eigenvalue weighted by Crippen LogP contribution is -2.08. The Labute approximate surface area is 82.8 Å². The summed E-state index contributed by atoms with van der Waals surface area (Å²) >= 11 is 0. The molecule has 0 aromatic heterocycles. The van der Waals surface area contributed by atoms with Crippen LogP contribution in [0.25, 0.3) is 0 Å². The van der Waals surface area contributed by atoms with Gasteiger partial charge in [0, 0.05) is 0 Å². The molecular formula is C12H21N. The van der Waals surface area contributed by atoms with Gasteiger partial charge in [0.05, 0.1) is 0 Å². The molecule has 0 unspecified atom stereocenters. The van der Waals surface area contributed by atoms with Crippen LogP contribution in [-0.4, -0.2) is 25.5 Å². The summed E-state index contributed by atoms with van der Waals surface area (Å²) in [7, 11) is 4.11. The fourth-order valence-electron chi connectivity index (χ4n) is 0.355. The molecule has 0 rings (SSSR count). The molecule has 0 fully saturated rings. The van der Waals surface area contributed by atoms with E-state index in [0.717, 1.165) is 12.1 Å². The maximum Gasteiger partial charge on any atom is -0.00533 e. The van der Waals surface area contributed by atoms with Crippen molar-refractivity contribution in [1.82, 2.24) is 4.90 Å². The first-order valence-corrected chi connectivity index (χ1v) is 4.34. The van der Waals surface area contributed by atoms with Gasteiger partial charge in [-0.1, -0.05) is 51.0 Å². The van der Waals surface area contributed by atoms with E-state index in [9.17, 15) is 0 Å². The van der Waals surface area contributed by atoms with E-state index < -0.39 is 0 Å². The first-order chi connectivity index (χ1) is 6.12. The predicted octanol–water partition coefficient (Wildman–Crippen LogP) is 3.04. The van der Waals surface area contributed by atoms with Crippen molar-refractivity contribution in [3.8, 4) is 0 Å². The number of hydrogen-bond donors (Lipinski definition) is 0. The van der Waals surface area contributed by atoms with E-state index in [1.807, 2.05) is 6.08 Å². The van der Waals surface area contributed by atoms with Crippen molar-refractivity contribution in [2.45, 2.75) is 6.92 Å². The predicted molar refractivity (Wildman–Crippen MR) is 62.9 cm³/mol. The van der Waals surface area contributed by atoms with E-state index in [1.165, 1.54) is 0 Å². The first-order valence-electron chi connectivity index (χ1n) is 4.34. The maximum atomic E-state index is 3.56. The fourth-order valence-corrected chi connectivity index (χ4v) is 0.355. The highest BCUT2D eigenvalue weighted by Gasteiger charge is 1.74. The second-order valence-electron chi connectivity index (χ2n) is 2.71. The van der Waals surface area contributed by atoms with E-state index in [2.05, 4.69) is 45.7 Å². The van der Waals surface area contributed by atoms with Gasteiger partial charge in [0.2, 0.25) is 0 Å². The van der Waals surface area contributed by atoms with E-state index >= 15 is 0 Å². The number of rotatable bonds is 4. The quantitative estimate of drug-likeness (QED) is 0.600. The van der Waals surface area contributed by atoms with Crippen LogP contribution in [0.3, 0.4) is 0 Å². The van der Waals surface area contributed by atoms with Gasteiger partial charge in [0.1, 0.15) is 0 Å². The Morgan fingerprint density at radius 2 is 1.54 bits per heavy atom. The summed E-state index contributed by atoms with van der Waals surface area (Å²) in [6, 6.07) is 0. The van der Waals surface area contributed by atoms with E-state index in [4.69, 9.17) is 0 Å². The second-order valence-corrected chi connectivity index (χ2v) is 2.71. The lowest BCUT2D eigenvalue weighted by atomic mass is 10.2. The molecular weight excluding hydrogens is 158 g/mol. The van der Waals surface area contributed by atoms with Gasteiger partial charge >= 0.3 is 0 Å². The van der Waals surface area contributed by atoms with Crippen LogP contribution in [0.2, 0.25) is 0 Å². The molecule has 0 aliphatic rings. The molecule has 0 heterocycles. The third kappa shape index (κ3) is 13.9. The van der Waals surface area contributed by atoms with Gasteiger partial charge in [-0.15, -0.1) is 0 Å². The summed E-state index contributed by atoms with van der Waals surface area (Å²) < 4.78 is 0. The minimum atomic E-state index is 1.00. The van der Waals surface area contributed by atoms with E-state index in [-0.39, 0.29) is 0 Å². The van der Waals surface area contributed by atoms with Gasteiger partial charge in [-0.2, -0.15) is 0 Å². The van der Waals surface area contributed by atoms with Crippen molar-refractivity contribution in [3.05, 3.63) is 49.6 Å². The van der Waals surface area contributed by atoms with E-state index in [1.54, 1.807) is 18.2 Å². The zero-order valence-corrected chi connectivity index (χ0v) is 9.09. The normalized spacial score (nSPS) is 8.00. The van der Waals surface area contributed by atoms with Gasteiger partial charge in [0.25, 0.3) is 0 Å². The SMILES string of the molecule is C=CC=C(C=C)C=C.CCN(C)C. The largest absolute Gasteiger partial charge is 0.310 e. The van der Waals surface area contributed by atoms with Crippen LogP contribution in [0.5, 0.6) is 0 Å². The van der Waals surface area contributed by atoms with Crippen molar-refractivity contribution < 1.29 is 0 Å². The molecule has 0 bridgehead atoms. The van der Waals surface area contributed by atoms with Crippen molar-refractivity contribution >= 4 is 0 Å². The molecule has 0 atom stereocenters. The van der Waals surface area contributed by atoms with Gasteiger partial charge in [0.15, 0.2) is 0 Å². The third-order valence-electron chi connectivity index (χ3n) is 1.41. The number of hydrogen-bond acceptors (Lipinski definition) is 1. The van der Waals surface area contributed by atoms with Crippen molar-refractivity contribution in [2.24, 2.45) is 0 Å². The summed E-state index contributed by atoms with van der Waals surface area (Å²) in [5.74, 6) is 0. The zero-order chi connectivity index (χ0) is 10.7. The van der Waals surface area contributed by atoms with Crippen LogP contribution in [0, 0.1) is 0 Å². The molecule has 0 aromatic rings. The van der Waals surface area contributed by atoms with Gasteiger partial charge in [-0.05, 0) is 26.2 Å². The molecule has 13 heavy (non-hydrogen) atoms. The molecule has 1 nitrogen and oxygen atoms in total. The smallest absolute Gasteiger partial charge is 0.00533 e. The van der Waals surface area contributed by atoms with Crippen molar-refractivity contribution in [3.63, 3.8) is 0 Å². The van der Waals surface area contributed by atoms with Crippen LogP contribution in [0.15, 0.2) is 49.6 Å². The topological polar surface area (TPSA) is 3.24 Å². The third-order valence-corrected chi connectivity index (χ3v) is 1.41. The molecule has 0 N–H and O–H groups in total. The number of nitrogens with zero attached hydrogens (tertiary/aromatic N) is 1. The Kier molecular flexibility index (Phi) is 12.1. The Morgan fingerprint density at radius 3 is 1.62 bits per heavy atom. The highest BCUT2D eigenvalue weighted by Crippen LogP contribution is 1.94. The van der Waals surface area contributed by atoms with Gasteiger partial charge in [-0.3, -0.25) is 0 Å². The maximum absolute atomic E-state index is 3.56. The zero-order valence-electron chi connectivity index (χ0n) is 9.09. The lowest BCUT2D eigenvalue weighted by molar-refractivity contribution is 0.434. The molecule has 0 radical (unpaired) electrons. The summed E-state index contributed by atoms with van der Waals surface area (Å²) in [5.41, 5.74) is 1.00. The molecule has 0 spiro atoms. The van der Waals surface area contributed by atoms with Gasteiger partial charge in [-0.25, -0.2) is 0 Å². The Morgan fingerprint density at radius 1 is 1.15 bits per heavy atom. The molecule has 0 saturated carbocycles.